The van der Waals surface area contributed by atoms with Crippen molar-refractivity contribution in [3.8, 4) is 11.5 Å². The Balaban J connectivity index is 1.55. The summed E-state index contributed by atoms with van der Waals surface area (Å²) in [6, 6.07) is 9.02. The molecule has 2 amide bonds. The van der Waals surface area contributed by atoms with E-state index in [1.54, 1.807) is 20.3 Å². The smallest absolute Gasteiger partial charge is 0.270 e. The van der Waals surface area contributed by atoms with Crippen LogP contribution in [0.2, 0.25) is 0 Å². The monoisotopic (exact) mass is 369 g/mol. The average molecular weight is 369 g/mol. The molecule has 2 aromatic rings. The first-order chi connectivity index (χ1) is 13.1. The Labute approximate surface area is 158 Å². The molecule has 0 saturated heterocycles. The summed E-state index contributed by atoms with van der Waals surface area (Å²) in [7, 11) is 3.18. The van der Waals surface area contributed by atoms with Crippen LogP contribution in [-0.2, 0) is 6.42 Å². The van der Waals surface area contributed by atoms with E-state index >= 15 is 0 Å². The van der Waals surface area contributed by atoms with Crippen LogP contribution < -0.4 is 20.1 Å². The lowest BCUT2D eigenvalue weighted by Crippen LogP contribution is -2.28. The van der Waals surface area contributed by atoms with Crippen molar-refractivity contribution in [2.75, 3.05) is 20.8 Å². The Kier molecular flexibility index (Phi) is 5.90. The van der Waals surface area contributed by atoms with E-state index in [9.17, 15) is 9.59 Å². The molecule has 7 nitrogen and oxygen atoms in total. The van der Waals surface area contributed by atoms with Crippen LogP contribution in [0.3, 0.4) is 0 Å². The lowest BCUT2D eigenvalue weighted by Gasteiger charge is -2.10. The van der Waals surface area contributed by atoms with Gasteiger partial charge in [-0.05, 0) is 49.1 Å². The quantitative estimate of drug-likeness (QED) is 0.742. The fourth-order valence-electron chi connectivity index (χ4n) is 2.64. The van der Waals surface area contributed by atoms with Crippen LogP contribution in [0.15, 0.2) is 36.5 Å². The van der Waals surface area contributed by atoms with Gasteiger partial charge in [0.15, 0.2) is 11.5 Å². The van der Waals surface area contributed by atoms with Crippen molar-refractivity contribution in [1.29, 1.82) is 0 Å². The highest BCUT2D eigenvalue weighted by Crippen LogP contribution is 2.27. The predicted molar refractivity (Wildman–Crippen MR) is 100 cm³/mol. The third-order valence-electron chi connectivity index (χ3n) is 4.31. The molecule has 3 rings (SSSR count). The van der Waals surface area contributed by atoms with Crippen LogP contribution in [-0.4, -0.2) is 43.6 Å². The van der Waals surface area contributed by atoms with E-state index in [1.165, 1.54) is 12.3 Å². The normalized spacial score (nSPS) is 13.0. The summed E-state index contributed by atoms with van der Waals surface area (Å²) in [4.78, 5) is 28.5. The van der Waals surface area contributed by atoms with Crippen molar-refractivity contribution in [1.82, 2.24) is 15.6 Å². The number of hydrogen-bond donors (Lipinski definition) is 2. The molecule has 1 saturated carbocycles. The minimum atomic E-state index is -0.238. The van der Waals surface area contributed by atoms with E-state index in [-0.39, 0.29) is 23.6 Å². The Bertz CT molecular complexity index is 834. The molecule has 0 unspecified atom stereocenters. The molecule has 1 aromatic carbocycles. The summed E-state index contributed by atoms with van der Waals surface area (Å²) in [6.45, 7) is 0.459. The molecule has 7 heteroatoms. The van der Waals surface area contributed by atoms with Crippen molar-refractivity contribution in [2.45, 2.75) is 25.3 Å². The van der Waals surface area contributed by atoms with Crippen molar-refractivity contribution in [3.63, 3.8) is 0 Å². The Hall–Kier alpha value is -3.09. The van der Waals surface area contributed by atoms with Crippen LogP contribution in [0.1, 0.15) is 39.3 Å². The summed E-state index contributed by atoms with van der Waals surface area (Å²) in [5, 5.41) is 5.73. The first kappa shape index (κ1) is 18.7. The molecule has 0 spiro atoms. The fraction of sp³-hybridized carbons (Fsp3) is 0.350. The van der Waals surface area contributed by atoms with Crippen LogP contribution in [0, 0.1) is 0 Å². The number of aromatic nitrogens is 1. The highest BCUT2D eigenvalue weighted by molar-refractivity contribution is 5.98. The lowest BCUT2D eigenvalue weighted by molar-refractivity contribution is 0.0946. The van der Waals surface area contributed by atoms with E-state index in [0.29, 0.717) is 30.0 Å². The molecule has 1 aliphatic rings. The van der Waals surface area contributed by atoms with Crippen LogP contribution in [0.5, 0.6) is 11.5 Å². The van der Waals surface area contributed by atoms with Gasteiger partial charge in [0, 0.05) is 24.3 Å². The van der Waals surface area contributed by atoms with Gasteiger partial charge >= 0.3 is 0 Å². The van der Waals surface area contributed by atoms with Crippen LogP contribution in [0.4, 0.5) is 0 Å². The van der Waals surface area contributed by atoms with Gasteiger partial charge in [-0.1, -0.05) is 6.07 Å². The van der Waals surface area contributed by atoms with Gasteiger partial charge in [-0.25, -0.2) is 0 Å². The molecule has 0 bridgehead atoms. The molecule has 0 aliphatic heterocycles. The zero-order valence-electron chi connectivity index (χ0n) is 15.5. The molecule has 1 heterocycles. The van der Waals surface area contributed by atoms with Gasteiger partial charge in [0.05, 0.1) is 14.2 Å². The molecule has 0 atom stereocenters. The molecule has 1 aromatic heterocycles. The van der Waals surface area contributed by atoms with Crippen molar-refractivity contribution >= 4 is 11.8 Å². The molecule has 2 N–H and O–H groups in total. The summed E-state index contributed by atoms with van der Waals surface area (Å²) in [6.07, 6.45) is 4.13. The Morgan fingerprint density at radius 2 is 1.85 bits per heavy atom. The Morgan fingerprint density at radius 3 is 2.56 bits per heavy atom. The maximum absolute atomic E-state index is 12.4. The third-order valence-corrected chi connectivity index (χ3v) is 4.31. The van der Waals surface area contributed by atoms with Crippen molar-refractivity contribution in [3.05, 3.63) is 53.3 Å². The van der Waals surface area contributed by atoms with Gasteiger partial charge < -0.3 is 20.1 Å². The molecule has 0 radical (unpaired) electrons. The maximum Gasteiger partial charge on any atom is 0.270 e. The first-order valence-electron chi connectivity index (χ1n) is 8.86. The second-order valence-corrected chi connectivity index (χ2v) is 6.37. The number of nitrogens with one attached hydrogen (secondary N) is 2. The second-order valence-electron chi connectivity index (χ2n) is 6.37. The minimum Gasteiger partial charge on any atom is -0.493 e. The zero-order valence-corrected chi connectivity index (χ0v) is 15.5. The number of nitrogens with zero attached hydrogens (tertiary/aromatic N) is 1. The molecule has 1 aliphatic carbocycles. The first-order valence-corrected chi connectivity index (χ1v) is 8.86. The maximum atomic E-state index is 12.4. The number of benzene rings is 1. The number of carbonyl (C=O) groups is 2. The number of hydrogen-bond acceptors (Lipinski definition) is 5. The minimum absolute atomic E-state index is 0.238. The van der Waals surface area contributed by atoms with E-state index in [1.807, 2.05) is 18.2 Å². The number of ether oxygens (including phenoxy) is 2. The number of methoxy groups -OCH3 is 2. The molecule has 142 valence electrons. The van der Waals surface area contributed by atoms with Crippen LogP contribution in [0.25, 0.3) is 0 Å². The van der Waals surface area contributed by atoms with E-state index in [0.717, 1.165) is 18.4 Å². The third kappa shape index (κ3) is 4.97. The number of amides is 2. The lowest BCUT2D eigenvalue weighted by atomic mass is 10.1. The topological polar surface area (TPSA) is 89.5 Å². The summed E-state index contributed by atoms with van der Waals surface area (Å²) in [5.41, 5.74) is 1.69. The van der Waals surface area contributed by atoms with Gasteiger partial charge in [-0.3, -0.25) is 14.6 Å². The number of pyridine rings is 1. The summed E-state index contributed by atoms with van der Waals surface area (Å²) >= 11 is 0. The van der Waals surface area contributed by atoms with Gasteiger partial charge in [0.1, 0.15) is 5.69 Å². The van der Waals surface area contributed by atoms with Crippen LogP contribution >= 0.6 is 0 Å². The van der Waals surface area contributed by atoms with E-state index in [4.69, 9.17) is 9.47 Å². The molecular formula is C20H23N3O4. The van der Waals surface area contributed by atoms with E-state index < -0.39 is 0 Å². The largest absolute Gasteiger partial charge is 0.493 e. The average Bonchev–Trinajstić information content (AvgIpc) is 3.51. The van der Waals surface area contributed by atoms with Gasteiger partial charge in [-0.15, -0.1) is 0 Å². The molecular weight excluding hydrogens is 346 g/mol. The second kappa shape index (κ2) is 8.53. The van der Waals surface area contributed by atoms with Gasteiger partial charge in [0.25, 0.3) is 11.8 Å². The SMILES string of the molecule is COc1ccc(CCNC(=O)c2ccnc(C(=O)NC3CC3)c2)cc1OC. The standard InChI is InChI=1S/C20H23N3O4/c1-26-17-6-3-13(11-18(17)27-2)7-9-22-19(24)14-8-10-21-16(12-14)20(25)23-15-4-5-15/h3,6,8,10-12,15H,4-5,7,9H2,1-2H3,(H,22,24)(H,23,25). The number of carbonyl (C=O) groups excluding carboxylic acids is 2. The molecule has 27 heavy (non-hydrogen) atoms. The number of rotatable bonds is 8. The fourth-order valence-corrected chi connectivity index (χ4v) is 2.64. The highest BCUT2D eigenvalue weighted by atomic mass is 16.5. The van der Waals surface area contributed by atoms with Crippen molar-refractivity contribution < 1.29 is 19.1 Å². The predicted octanol–water partition coefficient (Wildman–Crippen LogP) is 1.96. The van der Waals surface area contributed by atoms with Gasteiger partial charge in [-0.2, -0.15) is 0 Å². The summed E-state index contributed by atoms with van der Waals surface area (Å²) < 4.78 is 10.5. The molecule has 1 fully saturated rings. The highest BCUT2D eigenvalue weighted by Gasteiger charge is 2.24. The van der Waals surface area contributed by atoms with Gasteiger partial charge in [0.2, 0.25) is 0 Å². The van der Waals surface area contributed by atoms with E-state index in [2.05, 4.69) is 15.6 Å². The Morgan fingerprint density at radius 1 is 1.07 bits per heavy atom. The zero-order chi connectivity index (χ0) is 19.2. The van der Waals surface area contributed by atoms with Crippen molar-refractivity contribution in [2.24, 2.45) is 0 Å². The summed E-state index contributed by atoms with van der Waals surface area (Å²) in [5.74, 6) is 0.844.